The molecule has 0 saturated carbocycles. The minimum atomic E-state index is -0.422. The third-order valence-electron chi connectivity index (χ3n) is 12.9. The fourth-order valence-corrected chi connectivity index (χ4v) is 10.3. The fraction of sp³-hybridized carbons (Fsp3) is 0.0909. The molecular formula is C55H41N. The Labute approximate surface area is 329 Å². The van der Waals surface area contributed by atoms with E-state index in [1.165, 1.54) is 83.5 Å². The summed E-state index contributed by atoms with van der Waals surface area (Å²) in [6.07, 6.45) is 1.89. The second kappa shape index (κ2) is 11.9. The molecule has 3 aliphatic carbocycles. The third-order valence-corrected chi connectivity index (χ3v) is 12.9. The van der Waals surface area contributed by atoms with E-state index in [4.69, 9.17) is 0 Å². The maximum atomic E-state index is 3.94. The van der Waals surface area contributed by atoms with Crippen LogP contribution in [0, 0.1) is 6.92 Å². The first-order chi connectivity index (χ1) is 27.4. The van der Waals surface area contributed by atoms with Crippen LogP contribution in [-0.4, -0.2) is 0 Å². The Morgan fingerprint density at radius 3 is 1.43 bits per heavy atom. The average molecular weight is 716 g/mol. The van der Waals surface area contributed by atoms with Gasteiger partial charge in [0.15, 0.2) is 0 Å². The molecule has 11 rings (SSSR count). The van der Waals surface area contributed by atoms with E-state index < -0.39 is 5.41 Å². The highest BCUT2D eigenvalue weighted by atomic mass is 15.1. The first kappa shape index (κ1) is 32.7. The maximum absolute atomic E-state index is 3.94. The van der Waals surface area contributed by atoms with Crippen LogP contribution < -0.4 is 4.90 Å². The molecule has 8 aromatic rings. The highest BCUT2D eigenvalue weighted by Gasteiger charge is 2.51. The Kier molecular flexibility index (Phi) is 6.95. The Morgan fingerprint density at radius 2 is 0.839 bits per heavy atom. The normalized spacial score (nSPS) is 16.1. The van der Waals surface area contributed by atoms with E-state index in [9.17, 15) is 0 Å². The van der Waals surface area contributed by atoms with Gasteiger partial charge in [-0.2, -0.15) is 0 Å². The second-order valence-corrected chi connectivity index (χ2v) is 16.2. The molecule has 0 bridgehead atoms. The molecule has 1 heteroatoms. The number of benzene rings is 8. The number of fused-ring (bicyclic) bond motifs is 13. The van der Waals surface area contributed by atoms with Crippen LogP contribution in [0.25, 0.3) is 50.6 Å². The van der Waals surface area contributed by atoms with Crippen LogP contribution in [0.5, 0.6) is 0 Å². The molecule has 3 aliphatic rings. The zero-order chi connectivity index (χ0) is 37.8. The Bertz CT molecular complexity index is 2900. The van der Waals surface area contributed by atoms with E-state index in [0.29, 0.717) is 0 Å². The van der Waals surface area contributed by atoms with E-state index in [0.717, 1.165) is 22.6 Å². The van der Waals surface area contributed by atoms with Gasteiger partial charge >= 0.3 is 0 Å². The zero-order valence-corrected chi connectivity index (χ0v) is 32.0. The molecule has 0 aromatic heterocycles. The predicted molar refractivity (Wildman–Crippen MR) is 235 cm³/mol. The minimum absolute atomic E-state index is 0.117. The average Bonchev–Trinajstić information content (AvgIpc) is 3.79. The summed E-state index contributed by atoms with van der Waals surface area (Å²) in [5, 5.41) is 0. The van der Waals surface area contributed by atoms with E-state index >= 15 is 0 Å². The van der Waals surface area contributed by atoms with Gasteiger partial charge in [0.25, 0.3) is 0 Å². The molecule has 0 fully saturated rings. The van der Waals surface area contributed by atoms with Crippen LogP contribution in [0.1, 0.15) is 58.4 Å². The quantitative estimate of drug-likeness (QED) is 0.171. The topological polar surface area (TPSA) is 3.24 Å². The van der Waals surface area contributed by atoms with E-state index in [1.54, 1.807) is 0 Å². The summed E-state index contributed by atoms with van der Waals surface area (Å²) < 4.78 is 0. The van der Waals surface area contributed by atoms with Gasteiger partial charge in [0.2, 0.25) is 0 Å². The van der Waals surface area contributed by atoms with Crippen LogP contribution >= 0.6 is 0 Å². The van der Waals surface area contributed by atoms with Crippen LogP contribution in [0.4, 0.5) is 17.1 Å². The molecule has 266 valence electrons. The van der Waals surface area contributed by atoms with Crippen molar-refractivity contribution in [1.29, 1.82) is 0 Å². The van der Waals surface area contributed by atoms with Gasteiger partial charge in [-0.1, -0.05) is 172 Å². The van der Waals surface area contributed by atoms with Gasteiger partial charge < -0.3 is 4.90 Å². The highest BCUT2D eigenvalue weighted by molar-refractivity contribution is 5.97. The second-order valence-electron chi connectivity index (χ2n) is 16.2. The number of hydrogen-bond donors (Lipinski definition) is 0. The van der Waals surface area contributed by atoms with Crippen LogP contribution in [-0.2, 0) is 10.8 Å². The molecule has 0 heterocycles. The van der Waals surface area contributed by atoms with Crippen molar-refractivity contribution in [3.05, 3.63) is 227 Å². The summed E-state index contributed by atoms with van der Waals surface area (Å²) in [5.74, 6) is 0. The van der Waals surface area contributed by atoms with Gasteiger partial charge in [-0.25, -0.2) is 0 Å². The Morgan fingerprint density at radius 1 is 0.411 bits per heavy atom. The predicted octanol–water partition coefficient (Wildman–Crippen LogP) is 14.4. The highest BCUT2D eigenvalue weighted by Crippen LogP contribution is 2.63. The molecule has 1 spiro atoms. The molecular weight excluding hydrogens is 675 g/mol. The summed E-state index contributed by atoms with van der Waals surface area (Å²) in [7, 11) is 0. The summed E-state index contributed by atoms with van der Waals surface area (Å²) in [4.78, 5) is 2.47. The lowest BCUT2D eigenvalue weighted by Crippen LogP contribution is -2.26. The van der Waals surface area contributed by atoms with Crippen molar-refractivity contribution in [2.45, 2.75) is 31.6 Å². The van der Waals surface area contributed by atoms with Crippen LogP contribution in [0.2, 0.25) is 0 Å². The largest absolute Gasteiger partial charge is 0.310 e. The molecule has 1 atom stereocenters. The summed E-state index contributed by atoms with van der Waals surface area (Å²) in [5.41, 5.74) is 23.8. The van der Waals surface area contributed by atoms with Crippen molar-refractivity contribution in [1.82, 2.24) is 0 Å². The lowest BCUT2D eigenvalue weighted by atomic mass is 9.70. The van der Waals surface area contributed by atoms with Gasteiger partial charge in [0.05, 0.1) is 5.41 Å². The number of nitrogens with zero attached hydrogens (tertiary/aromatic N) is 1. The summed E-state index contributed by atoms with van der Waals surface area (Å²) in [6, 6.07) is 66.1. The van der Waals surface area contributed by atoms with Gasteiger partial charge in [0, 0.05) is 22.5 Å². The van der Waals surface area contributed by atoms with Crippen LogP contribution in [0.15, 0.2) is 183 Å². The first-order valence-electron chi connectivity index (χ1n) is 19.7. The number of rotatable bonds is 5. The van der Waals surface area contributed by atoms with Gasteiger partial charge in [0.1, 0.15) is 0 Å². The van der Waals surface area contributed by atoms with Gasteiger partial charge in [-0.3, -0.25) is 0 Å². The number of hydrogen-bond acceptors (Lipinski definition) is 1. The lowest BCUT2D eigenvalue weighted by molar-refractivity contribution is 0.660. The van der Waals surface area contributed by atoms with Crippen molar-refractivity contribution < 1.29 is 0 Å². The SMILES string of the molecule is C=Cc1ccc(-c2ccc(N(c3ccc4c(c3)C(C)(C)c3ccccc3-4)c3ccc4c(c3)C3(c5ccccc5-c5ccc(C)cc53)c3ccccc3-4)cc2)cc1. The van der Waals surface area contributed by atoms with Crippen molar-refractivity contribution in [2.24, 2.45) is 0 Å². The molecule has 1 nitrogen and oxygen atoms in total. The summed E-state index contributed by atoms with van der Waals surface area (Å²) >= 11 is 0. The van der Waals surface area contributed by atoms with Gasteiger partial charge in [-0.05, 0) is 127 Å². The molecule has 1 unspecified atom stereocenters. The lowest BCUT2D eigenvalue weighted by Gasteiger charge is -2.32. The van der Waals surface area contributed by atoms with E-state index in [1.807, 2.05) is 6.08 Å². The first-order valence-corrected chi connectivity index (χ1v) is 19.7. The van der Waals surface area contributed by atoms with Crippen molar-refractivity contribution >= 4 is 23.1 Å². The number of anilines is 3. The maximum Gasteiger partial charge on any atom is 0.0726 e. The minimum Gasteiger partial charge on any atom is -0.310 e. The molecule has 0 saturated heterocycles. The molecule has 0 aliphatic heterocycles. The number of aryl methyl sites for hydroxylation is 1. The van der Waals surface area contributed by atoms with Gasteiger partial charge in [-0.15, -0.1) is 0 Å². The van der Waals surface area contributed by atoms with Crippen LogP contribution in [0.3, 0.4) is 0 Å². The Hall–Kier alpha value is -6.70. The molecule has 56 heavy (non-hydrogen) atoms. The van der Waals surface area contributed by atoms with E-state index in [-0.39, 0.29) is 5.41 Å². The van der Waals surface area contributed by atoms with E-state index in [2.05, 4.69) is 208 Å². The van der Waals surface area contributed by atoms with Crippen molar-refractivity contribution in [3.63, 3.8) is 0 Å². The standard InChI is InChI=1S/C55H41N/c1-5-36-19-21-37(22-20-36)38-23-25-39(26-24-38)56(40-27-30-45-42-12-6-9-15-48(42)54(3,4)51(45)33-40)41-28-31-47-44-14-8-11-17-50(44)55(53(47)34-41)49-16-10-7-13-43(49)46-29-18-35(2)32-52(46)55/h5-34H,1H2,2-4H3. The fourth-order valence-electron chi connectivity index (χ4n) is 10.3. The Balaban J connectivity index is 1.14. The molecule has 0 radical (unpaired) electrons. The van der Waals surface area contributed by atoms with Crippen molar-refractivity contribution in [2.75, 3.05) is 4.90 Å². The van der Waals surface area contributed by atoms with Crippen molar-refractivity contribution in [3.8, 4) is 44.5 Å². The molecule has 8 aromatic carbocycles. The summed E-state index contributed by atoms with van der Waals surface area (Å²) in [6.45, 7) is 10.9. The smallest absolute Gasteiger partial charge is 0.0726 e. The third kappa shape index (κ3) is 4.43. The monoisotopic (exact) mass is 715 g/mol. The zero-order valence-electron chi connectivity index (χ0n) is 32.0. The molecule has 0 N–H and O–H groups in total. The molecule has 0 amide bonds.